The zero-order valence-corrected chi connectivity index (χ0v) is 15.1. The molecule has 8 nitrogen and oxygen atoms in total. The van der Waals surface area contributed by atoms with Crippen LogP contribution >= 0.6 is 7.82 Å². The van der Waals surface area contributed by atoms with E-state index >= 15 is 0 Å². The van der Waals surface area contributed by atoms with Crippen LogP contribution < -0.4 is 0 Å². The number of phosphoric ester groups is 1. The number of quaternary nitrogens is 1. The molecule has 9 heteroatoms. The highest BCUT2D eigenvalue weighted by atomic mass is 31.2. The van der Waals surface area contributed by atoms with Crippen molar-refractivity contribution in [2.45, 2.75) is 32.0 Å². The molecule has 0 saturated carbocycles. The van der Waals surface area contributed by atoms with Gasteiger partial charge in [-0.2, -0.15) is 0 Å². The van der Waals surface area contributed by atoms with E-state index in [4.69, 9.17) is 14.7 Å². The van der Waals surface area contributed by atoms with E-state index < -0.39 is 39.0 Å². The van der Waals surface area contributed by atoms with Gasteiger partial charge in [0.05, 0.1) is 34.4 Å². The minimum Gasteiger partial charge on any atom is -0.394 e. The molecule has 0 spiro atoms. The fraction of sp³-hybridized carbons (Fsp3) is 0.786. The van der Waals surface area contributed by atoms with Crippen molar-refractivity contribution < 1.29 is 38.0 Å². The molecule has 136 valence electrons. The number of likely N-dealkylation sites (N-methyl/N-ethyl adjacent to an activating group) is 1. The Morgan fingerprint density at radius 3 is 2.43 bits per heavy atom. The summed E-state index contributed by atoms with van der Waals surface area (Å²) in [6, 6.07) is 0. The van der Waals surface area contributed by atoms with E-state index in [-0.39, 0.29) is 6.54 Å². The van der Waals surface area contributed by atoms with Crippen molar-refractivity contribution in [2.24, 2.45) is 0 Å². The number of carbonyl (C=O) groups is 1. The molecule has 0 aliphatic carbocycles. The highest BCUT2D eigenvalue weighted by Gasteiger charge is 2.34. The number of ketones is 1. The van der Waals surface area contributed by atoms with Crippen molar-refractivity contribution in [1.29, 1.82) is 0 Å². The van der Waals surface area contributed by atoms with Crippen LogP contribution in [0, 0.1) is 0 Å². The van der Waals surface area contributed by atoms with Crippen LogP contribution in [-0.4, -0.2) is 78.5 Å². The number of carbonyl (C=O) groups excluding carboxylic acids is 1. The summed E-state index contributed by atoms with van der Waals surface area (Å²) in [5, 5.41) is 17.8. The van der Waals surface area contributed by atoms with Gasteiger partial charge in [0.1, 0.15) is 12.6 Å². The van der Waals surface area contributed by atoms with Crippen LogP contribution in [0.5, 0.6) is 0 Å². The molecular weight excluding hydrogens is 325 g/mol. The number of rotatable bonds is 12. The van der Waals surface area contributed by atoms with Gasteiger partial charge in [0, 0.05) is 0 Å². The molecule has 0 aromatic rings. The molecule has 3 atom stereocenters. The van der Waals surface area contributed by atoms with Crippen molar-refractivity contribution in [3.63, 3.8) is 0 Å². The summed E-state index contributed by atoms with van der Waals surface area (Å²) in [6.07, 6.45) is 2.19. The Hall–Kier alpha value is -0.600. The Balaban J connectivity index is 4.92. The van der Waals surface area contributed by atoms with Crippen LogP contribution in [0.1, 0.15) is 19.8 Å². The van der Waals surface area contributed by atoms with Gasteiger partial charge in [-0.3, -0.25) is 13.8 Å². The molecule has 23 heavy (non-hydrogen) atoms. The number of unbranched alkanes of at least 4 members (excludes halogenated alkanes) is 1. The monoisotopic (exact) mass is 354 g/mol. The van der Waals surface area contributed by atoms with Crippen molar-refractivity contribution in [3.8, 4) is 0 Å². The van der Waals surface area contributed by atoms with Gasteiger partial charge >= 0.3 is 7.82 Å². The Morgan fingerprint density at radius 2 is 1.96 bits per heavy atom. The molecule has 0 heterocycles. The lowest BCUT2D eigenvalue weighted by molar-refractivity contribution is -0.872. The molecule has 0 saturated heterocycles. The summed E-state index contributed by atoms with van der Waals surface area (Å²) < 4.78 is 21.8. The minimum absolute atomic E-state index is 0.172. The van der Waals surface area contributed by atoms with E-state index in [1.807, 2.05) is 28.1 Å². The zero-order chi connectivity index (χ0) is 18.1. The fourth-order valence-corrected chi connectivity index (χ4v) is 2.48. The van der Waals surface area contributed by atoms with Crippen LogP contribution in [0.4, 0.5) is 0 Å². The average molecular weight is 354 g/mol. The van der Waals surface area contributed by atoms with E-state index in [0.29, 0.717) is 4.48 Å². The molecule has 0 rings (SSSR count). The predicted molar refractivity (Wildman–Crippen MR) is 85.7 cm³/mol. The largest absolute Gasteiger partial charge is 0.473 e. The third-order valence-corrected chi connectivity index (χ3v) is 3.67. The third kappa shape index (κ3) is 11.6. The molecule has 3 N–H and O–H groups in total. The molecular formula is C14H29NO7P+. The van der Waals surface area contributed by atoms with Crippen molar-refractivity contribution in [2.75, 3.05) is 40.9 Å². The van der Waals surface area contributed by atoms with E-state index in [9.17, 15) is 14.3 Å². The number of allylic oxidation sites excluding steroid dienone is 1. The summed E-state index contributed by atoms with van der Waals surface area (Å²) in [5.41, 5.74) is 0. The molecule has 0 fully saturated rings. The summed E-state index contributed by atoms with van der Waals surface area (Å²) in [7, 11) is 0.922. The van der Waals surface area contributed by atoms with Crippen LogP contribution in [0.3, 0.4) is 0 Å². The SMILES string of the molecule is CCCC=CC(=O)C(C[N+](C)(C)C)OP(=O)(O)OC[C@H](O)CO. The molecule has 2 unspecified atom stereocenters. The quantitative estimate of drug-likeness (QED) is 0.265. The lowest BCUT2D eigenvalue weighted by atomic mass is 10.2. The number of aliphatic hydroxyl groups is 2. The molecule has 0 aromatic heterocycles. The second-order valence-corrected chi connectivity index (χ2v) is 7.67. The van der Waals surface area contributed by atoms with Gasteiger partial charge in [-0.05, 0) is 12.5 Å². The average Bonchev–Trinajstić information content (AvgIpc) is 2.42. The molecule has 0 aromatic carbocycles. The predicted octanol–water partition coefficient (Wildman–Crippen LogP) is 0.473. The van der Waals surface area contributed by atoms with Crippen LogP contribution in [0.15, 0.2) is 12.2 Å². The lowest BCUT2D eigenvalue weighted by Crippen LogP contribution is -2.45. The third-order valence-electron chi connectivity index (χ3n) is 2.67. The second-order valence-electron chi connectivity index (χ2n) is 6.26. The Labute approximate surface area is 137 Å². The Bertz CT molecular complexity index is 433. The van der Waals surface area contributed by atoms with Gasteiger partial charge in [-0.25, -0.2) is 4.57 Å². The van der Waals surface area contributed by atoms with Gasteiger partial charge < -0.3 is 19.6 Å². The van der Waals surface area contributed by atoms with E-state index in [0.717, 1.165) is 12.8 Å². The Kier molecular flexibility index (Phi) is 10.0. The maximum atomic E-state index is 12.2. The van der Waals surface area contributed by atoms with Gasteiger partial charge in [0.15, 0.2) is 11.9 Å². The van der Waals surface area contributed by atoms with Crippen LogP contribution in [0.2, 0.25) is 0 Å². The Morgan fingerprint density at radius 1 is 1.35 bits per heavy atom. The molecule has 0 aliphatic rings. The molecule has 0 aliphatic heterocycles. The summed E-state index contributed by atoms with van der Waals surface area (Å²) in [4.78, 5) is 21.9. The maximum Gasteiger partial charge on any atom is 0.473 e. The first kappa shape index (κ1) is 22.4. The summed E-state index contributed by atoms with van der Waals surface area (Å²) in [5.74, 6) is -0.424. The number of hydrogen-bond acceptors (Lipinski definition) is 6. The highest BCUT2D eigenvalue weighted by molar-refractivity contribution is 7.47. The van der Waals surface area contributed by atoms with Gasteiger partial charge in [0.2, 0.25) is 0 Å². The zero-order valence-electron chi connectivity index (χ0n) is 14.2. The topological polar surface area (TPSA) is 113 Å². The van der Waals surface area contributed by atoms with E-state index in [1.165, 1.54) is 6.08 Å². The van der Waals surface area contributed by atoms with E-state index in [1.54, 1.807) is 6.08 Å². The fourth-order valence-electron chi connectivity index (χ4n) is 1.57. The first-order valence-corrected chi connectivity index (χ1v) is 8.95. The maximum absolute atomic E-state index is 12.2. The van der Waals surface area contributed by atoms with Gasteiger partial charge in [-0.15, -0.1) is 0 Å². The smallest absolute Gasteiger partial charge is 0.394 e. The first-order chi connectivity index (χ1) is 10.5. The minimum atomic E-state index is -4.53. The van der Waals surface area contributed by atoms with Crippen molar-refractivity contribution in [3.05, 3.63) is 12.2 Å². The van der Waals surface area contributed by atoms with Crippen molar-refractivity contribution in [1.82, 2.24) is 0 Å². The first-order valence-electron chi connectivity index (χ1n) is 7.46. The van der Waals surface area contributed by atoms with Crippen LogP contribution in [0.25, 0.3) is 0 Å². The standard InChI is InChI=1S/C14H28NO7P/c1-5-6-7-8-13(18)14(9-15(2,3)4)22-23(19,20)21-11-12(17)10-16/h7-8,12,14,16-17H,5-6,9-11H2,1-4H3/p+1/t12-,14?/m1/s1. The lowest BCUT2D eigenvalue weighted by Gasteiger charge is -2.28. The number of nitrogens with zero attached hydrogens (tertiary/aromatic N) is 1. The summed E-state index contributed by atoms with van der Waals surface area (Å²) in [6.45, 7) is 0.963. The highest BCUT2D eigenvalue weighted by Crippen LogP contribution is 2.45. The molecule has 0 amide bonds. The molecule has 0 bridgehead atoms. The number of aliphatic hydroxyl groups excluding tert-OH is 2. The van der Waals surface area contributed by atoms with Crippen LogP contribution in [-0.2, 0) is 18.4 Å². The number of hydrogen-bond donors (Lipinski definition) is 3. The number of phosphoric acid groups is 1. The van der Waals surface area contributed by atoms with Gasteiger partial charge in [0.25, 0.3) is 0 Å². The summed E-state index contributed by atoms with van der Waals surface area (Å²) >= 11 is 0. The van der Waals surface area contributed by atoms with E-state index in [2.05, 4.69) is 4.52 Å². The van der Waals surface area contributed by atoms with Gasteiger partial charge in [-0.1, -0.05) is 19.4 Å². The second kappa shape index (κ2) is 10.3. The molecule has 0 radical (unpaired) electrons. The normalized spacial score (nSPS) is 17.9. The van der Waals surface area contributed by atoms with Crippen molar-refractivity contribution >= 4 is 13.6 Å².